The van der Waals surface area contributed by atoms with E-state index in [-0.39, 0.29) is 18.4 Å². The van der Waals surface area contributed by atoms with E-state index < -0.39 is 12.8 Å². The molecule has 0 aliphatic carbocycles. The Balaban J connectivity index is 1.79. The van der Waals surface area contributed by atoms with Crippen molar-refractivity contribution in [3.05, 3.63) is 35.4 Å². The average Bonchev–Trinajstić information content (AvgIpc) is 2.53. The number of piperidine rings is 1. The van der Waals surface area contributed by atoms with Crippen LogP contribution in [0.2, 0.25) is 0 Å². The molecule has 0 unspecified atom stereocenters. The van der Waals surface area contributed by atoms with Crippen LogP contribution in [0.3, 0.4) is 0 Å². The summed E-state index contributed by atoms with van der Waals surface area (Å²) < 4.78 is 40.8. The molecule has 23 heavy (non-hydrogen) atoms. The van der Waals surface area contributed by atoms with Gasteiger partial charge in [0.15, 0.2) is 0 Å². The number of amides is 1. The molecule has 0 atom stereocenters. The zero-order chi connectivity index (χ0) is 16.7. The summed E-state index contributed by atoms with van der Waals surface area (Å²) in [6.07, 6.45) is -2.66. The minimum atomic E-state index is -4.32. The van der Waals surface area contributed by atoms with E-state index >= 15 is 0 Å². The number of halogens is 3. The van der Waals surface area contributed by atoms with E-state index in [4.69, 9.17) is 0 Å². The van der Waals surface area contributed by atoms with Gasteiger partial charge in [0.05, 0.1) is 6.61 Å². The van der Waals surface area contributed by atoms with Crippen molar-refractivity contribution in [1.29, 1.82) is 0 Å². The summed E-state index contributed by atoms with van der Waals surface area (Å²) in [4.78, 5) is 12.1. The van der Waals surface area contributed by atoms with Crippen molar-refractivity contribution in [2.24, 2.45) is 5.92 Å². The monoisotopic (exact) mass is 330 g/mol. The Morgan fingerprint density at radius 3 is 2.65 bits per heavy atom. The van der Waals surface area contributed by atoms with Crippen LogP contribution >= 0.6 is 0 Å². The Morgan fingerprint density at radius 2 is 1.96 bits per heavy atom. The second-order valence-corrected chi connectivity index (χ2v) is 5.67. The van der Waals surface area contributed by atoms with Crippen molar-refractivity contribution >= 4 is 5.91 Å². The lowest BCUT2D eigenvalue weighted by Crippen LogP contribution is -2.37. The summed E-state index contributed by atoms with van der Waals surface area (Å²) in [5.41, 5.74) is 1.50. The maximum absolute atomic E-state index is 12.1. The van der Waals surface area contributed by atoms with Crippen molar-refractivity contribution in [3.8, 4) is 0 Å². The molecule has 0 radical (unpaired) electrons. The molecule has 1 aromatic carbocycles. The molecule has 7 heteroatoms. The third kappa shape index (κ3) is 6.58. The second-order valence-electron chi connectivity index (χ2n) is 5.67. The van der Waals surface area contributed by atoms with Gasteiger partial charge < -0.3 is 15.4 Å². The zero-order valence-electron chi connectivity index (χ0n) is 12.8. The van der Waals surface area contributed by atoms with Gasteiger partial charge in [0, 0.05) is 12.5 Å². The molecule has 1 amide bonds. The third-order valence-corrected chi connectivity index (χ3v) is 3.70. The van der Waals surface area contributed by atoms with E-state index in [1.54, 1.807) is 18.2 Å². The molecule has 2 rings (SSSR count). The number of nitrogens with one attached hydrogen (secondary N) is 2. The van der Waals surface area contributed by atoms with Crippen LogP contribution in [0.15, 0.2) is 24.3 Å². The summed E-state index contributed by atoms with van der Waals surface area (Å²) in [5.74, 6) is 0.0692. The highest BCUT2D eigenvalue weighted by atomic mass is 19.4. The lowest BCUT2D eigenvalue weighted by atomic mass is 9.97. The van der Waals surface area contributed by atoms with Crippen LogP contribution < -0.4 is 10.6 Å². The van der Waals surface area contributed by atoms with Crippen molar-refractivity contribution in [3.63, 3.8) is 0 Å². The van der Waals surface area contributed by atoms with Crippen LogP contribution in [0.25, 0.3) is 0 Å². The predicted molar refractivity (Wildman–Crippen MR) is 79.6 cm³/mol. The summed E-state index contributed by atoms with van der Waals surface area (Å²) in [5, 5.41) is 6.10. The number of carbonyl (C=O) groups excluding carboxylic acids is 1. The van der Waals surface area contributed by atoms with Crippen molar-refractivity contribution in [2.45, 2.75) is 32.2 Å². The van der Waals surface area contributed by atoms with E-state index in [0.29, 0.717) is 12.1 Å². The third-order valence-electron chi connectivity index (χ3n) is 3.70. The first-order valence-corrected chi connectivity index (χ1v) is 7.65. The molecule has 0 aromatic heterocycles. The maximum atomic E-state index is 12.1. The van der Waals surface area contributed by atoms with Gasteiger partial charge in [0.1, 0.15) is 6.61 Å². The number of alkyl halides is 3. The molecule has 128 valence electrons. The van der Waals surface area contributed by atoms with Gasteiger partial charge in [-0.25, -0.2) is 0 Å². The molecule has 1 fully saturated rings. The van der Waals surface area contributed by atoms with Gasteiger partial charge >= 0.3 is 6.18 Å². The van der Waals surface area contributed by atoms with Gasteiger partial charge in [-0.05, 0) is 37.1 Å². The van der Waals surface area contributed by atoms with E-state index in [1.165, 1.54) is 0 Å². The molecule has 1 aliphatic rings. The number of carbonyl (C=O) groups is 1. The molecule has 1 aliphatic heterocycles. The molecule has 0 saturated carbocycles. The van der Waals surface area contributed by atoms with Crippen LogP contribution in [-0.2, 0) is 22.7 Å². The Kier molecular flexibility index (Phi) is 6.41. The lowest BCUT2D eigenvalue weighted by Gasteiger charge is -2.21. The van der Waals surface area contributed by atoms with Gasteiger partial charge in [0.25, 0.3) is 0 Å². The normalized spacial score (nSPS) is 16.3. The van der Waals surface area contributed by atoms with Crippen LogP contribution in [0, 0.1) is 5.92 Å². The van der Waals surface area contributed by atoms with Gasteiger partial charge in [-0.15, -0.1) is 0 Å². The van der Waals surface area contributed by atoms with Gasteiger partial charge in [-0.2, -0.15) is 13.2 Å². The van der Waals surface area contributed by atoms with Crippen molar-refractivity contribution < 1.29 is 22.7 Å². The number of ether oxygens (including phenoxy) is 1. The zero-order valence-corrected chi connectivity index (χ0v) is 12.8. The fourth-order valence-corrected chi connectivity index (χ4v) is 2.53. The minimum absolute atomic E-state index is 0.0326. The molecular weight excluding hydrogens is 309 g/mol. The first kappa shape index (κ1) is 17.7. The smallest absolute Gasteiger partial charge is 0.367 e. The quantitative estimate of drug-likeness (QED) is 0.842. The molecular formula is C16H21F3N2O2. The Bertz CT molecular complexity index is 514. The van der Waals surface area contributed by atoms with Gasteiger partial charge in [-0.3, -0.25) is 4.79 Å². The average molecular weight is 330 g/mol. The Morgan fingerprint density at radius 1 is 1.26 bits per heavy atom. The maximum Gasteiger partial charge on any atom is 0.411 e. The minimum Gasteiger partial charge on any atom is -0.367 e. The van der Waals surface area contributed by atoms with Crippen LogP contribution in [0.1, 0.15) is 24.0 Å². The topological polar surface area (TPSA) is 50.4 Å². The highest BCUT2D eigenvalue weighted by Gasteiger charge is 2.27. The number of benzene rings is 1. The molecule has 0 bridgehead atoms. The Labute approximate surface area is 133 Å². The SMILES string of the molecule is O=C(NCc1cccc(COCC(F)(F)F)c1)C1CCNCC1. The summed E-state index contributed by atoms with van der Waals surface area (Å²) in [7, 11) is 0. The first-order chi connectivity index (χ1) is 10.9. The van der Waals surface area contributed by atoms with E-state index in [2.05, 4.69) is 15.4 Å². The number of rotatable bonds is 6. The van der Waals surface area contributed by atoms with Gasteiger partial charge in [0.2, 0.25) is 5.91 Å². The standard InChI is InChI=1S/C16H21F3N2O2/c17-16(18,19)11-23-10-13-3-1-2-12(8-13)9-21-15(22)14-4-6-20-7-5-14/h1-3,8,14,20H,4-7,9-11H2,(H,21,22). The lowest BCUT2D eigenvalue weighted by molar-refractivity contribution is -0.176. The van der Waals surface area contributed by atoms with Crippen LogP contribution in [0.5, 0.6) is 0 Å². The van der Waals surface area contributed by atoms with E-state index in [9.17, 15) is 18.0 Å². The Hall–Kier alpha value is -1.60. The summed E-state index contributed by atoms with van der Waals surface area (Å²) in [6, 6.07) is 7.03. The first-order valence-electron chi connectivity index (χ1n) is 7.65. The molecule has 1 heterocycles. The predicted octanol–water partition coefficient (Wildman–Crippen LogP) is 2.38. The van der Waals surface area contributed by atoms with Crippen LogP contribution in [-0.4, -0.2) is 31.8 Å². The summed E-state index contributed by atoms with van der Waals surface area (Å²) >= 11 is 0. The van der Waals surface area contributed by atoms with Gasteiger partial charge in [-0.1, -0.05) is 24.3 Å². The van der Waals surface area contributed by atoms with Crippen LogP contribution in [0.4, 0.5) is 13.2 Å². The fraction of sp³-hybridized carbons (Fsp3) is 0.562. The summed E-state index contributed by atoms with van der Waals surface area (Å²) in [6.45, 7) is 0.712. The molecule has 0 spiro atoms. The molecule has 4 nitrogen and oxygen atoms in total. The van der Waals surface area contributed by atoms with E-state index in [1.807, 2.05) is 6.07 Å². The highest BCUT2D eigenvalue weighted by Crippen LogP contribution is 2.16. The molecule has 1 saturated heterocycles. The number of hydrogen-bond donors (Lipinski definition) is 2. The molecule has 2 N–H and O–H groups in total. The van der Waals surface area contributed by atoms with Crippen molar-refractivity contribution in [2.75, 3.05) is 19.7 Å². The largest absolute Gasteiger partial charge is 0.411 e. The fourth-order valence-electron chi connectivity index (χ4n) is 2.53. The highest BCUT2D eigenvalue weighted by molar-refractivity contribution is 5.78. The molecule has 1 aromatic rings. The second kappa shape index (κ2) is 8.31. The van der Waals surface area contributed by atoms with E-state index in [0.717, 1.165) is 31.5 Å². The number of hydrogen-bond acceptors (Lipinski definition) is 3. The van der Waals surface area contributed by atoms with Crippen molar-refractivity contribution in [1.82, 2.24) is 10.6 Å².